The van der Waals surface area contributed by atoms with Crippen LogP contribution in [0.5, 0.6) is 0 Å². The summed E-state index contributed by atoms with van der Waals surface area (Å²) in [6.45, 7) is 3.77. The van der Waals surface area contributed by atoms with Crippen molar-refractivity contribution < 1.29 is 14.6 Å². The van der Waals surface area contributed by atoms with Crippen LogP contribution in [0.15, 0.2) is 18.2 Å². The molecule has 1 aliphatic heterocycles. The van der Waals surface area contributed by atoms with E-state index in [4.69, 9.17) is 16.7 Å². The fourth-order valence-electron chi connectivity index (χ4n) is 3.15. The van der Waals surface area contributed by atoms with Crippen LogP contribution in [0.4, 0.5) is 4.39 Å². The summed E-state index contributed by atoms with van der Waals surface area (Å²) in [5, 5.41) is 18.7. The Labute approximate surface area is 136 Å². The normalized spacial score (nSPS) is 22.6. The zero-order valence-corrected chi connectivity index (χ0v) is 13.6. The fraction of sp³-hybridized carbons (Fsp3) is 0.625. The maximum Gasteiger partial charge on any atom is 0.146 e. The number of aliphatic hydroxyl groups is 2. The number of hydrogen-bond acceptors (Lipinski definition) is 4. The molecule has 22 heavy (non-hydrogen) atoms. The first-order valence-electron chi connectivity index (χ1n) is 7.60. The Kier molecular flexibility index (Phi) is 6.59. The molecule has 1 saturated heterocycles. The number of hydrogen-bond donors (Lipinski definition) is 2. The van der Waals surface area contributed by atoms with Gasteiger partial charge in [-0.1, -0.05) is 23.7 Å². The highest BCUT2D eigenvalue weighted by Gasteiger charge is 2.33. The average molecular weight is 331 g/mol. The van der Waals surface area contributed by atoms with Crippen LogP contribution in [0, 0.1) is 17.7 Å². The fourth-order valence-corrected chi connectivity index (χ4v) is 3.35. The number of likely N-dealkylation sites (tertiary alicyclic amines) is 1. The van der Waals surface area contributed by atoms with Gasteiger partial charge in [0.05, 0.1) is 11.6 Å². The van der Waals surface area contributed by atoms with Gasteiger partial charge in [-0.3, -0.25) is 4.90 Å². The van der Waals surface area contributed by atoms with Crippen LogP contribution in [0.2, 0.25) is 5.02 Å². The number of halogens is 2. The quantitative estimate of drug-likeness (QED) is 0.794. The number of nitrogens with zero attached hydrogens (tertiary/aromatic N) is 2. The van der Waals surface area contributed by atoms with E-state index in [1.165, 1.54) is 0 Å². The molecule has 4 nitrogen and oxygen atoms in total. The van der Waals surface area contributed by atoms with Gasteiger partial charge in [-0.25, -0.2) is 4.39 Å². The van der Waals surface area contributed by atoms with Crippen LogP contribution < -0.4 is 0 Å². The Hall–Kier alpha value is -0.720. The number of benzene rings is 1. The van der Waals surface area contributed by atoms with E-state index in [1.807, 2.05) is 7.05 Å². The van der Waals surface area contributed by atoms with Crippen LogP contribution >= 0.6 is 11.6 Å². The van der Waals surface area contributed by atoms with Gasteiger partial charge in [0.25, 0.3) is 0 Å². The highest BCUT2D eigenvalue weighted by Crippen LogP contribution is 2.27. The van der Waals surface area contributed by atoms with Gasteiger partial charge in [0, 0.05) is 44.9 Å². The van der Waals surface area contributed by atoms with Gasteiger partial charge in [-0.2, -0.15) is 0 Å². The summed E-state index contributed by atoms with van der Waals surface area (Å²) in [6, 6.07) is 5.06. The highest BCUT2D eigenvalue weighted by molar-refractivity contribution is 6.30. The van der Waals surface area contributed by atoms with Crippen molar-refractivity contribution in [2.24, 2.45) is 11.8 Å². The van der Waals surface area contributed by atoms with E-state index in [2.05, 4.69) is 9.80 Å². The largest absolute Gasteiger partial charge is 0.396 e. The minimum Gasteiger partial charge on any atom is -0.396 e. The lowest BCUT2D eigenvalue weighted by Crippen LogP contribution is -2.32. The standard InChI is InChI=1S/C16H24ClFN2O2/c1-19(5-6-21)7-13-9-20(10-14(13)11-22)8-12-3-2-4-15(17)16(12)18/h2-4,13-14,21-22H,5-11H2,1H3/t13-,14-/m1/s1. The molecule has 0 aromatic heterocycles. The molecule has 0 saturated carbocycles. The van der Waals surface area contributed by atoms with Gasteiger partial charge >= 0.3 is 0 Å². The maximum atomic E-state index is 14.0. The summed E-state index contributed by atoms with van der Waals surface area (Å²) in [7, 11) is 1.96. The number of likely N-dealkylation sites (N-methyl/N-ethyl adjacent to an activating group) is 1. The Morgan fingerprint density at radius 3 is 2.73 bits per heavy atom. The molecule has 0 radical (unpaired) electrons. The molecule has 0 spiro atoms. The van der Waals surface area contributed by atoms with Gasteiger partial charge < -0.3 is 15.1 Å². The first-order chi connectivity index (χ1) is 10.5. The van der Waals surface area contributed by atoms with Gasteiger partial charge in [0.15, 0.2) is 0 Å². The Balaban J connectivity index is 1.97. The SMILES string of the molecule is CN(CCO)C[C@@H]1CN(Cc2cccc(Cl)c2F)C[C@@H]1CO. The van der Waals surface area contributed by atoms with Crippen molar-refractivity contribution in [3.8, 4) is 0 Å². The smallest absolute Gasteiger partial charge is 0.146 e. The van der Waals surface area contributed by atoms with Crippen LogP contribution in [0.3, 0.4) is 0 Å². The van der Waals surface area contributed by atoms with Crippen molar-refractivity contribution in [2.45, 2.75) is 6.54 Å². The Morgan fingerprint density at radius 2 is 2.05 bits per heavy atom. The first kappa shape index (κ1) is 17.6. The van der Waals surface area contributed by atoms with Crippen LogP contribution in [-0.4, -0.2) is 66.5 Å². The van der Waals surface area contributed by atoms with E-state index in [0.29, 0.717) is 24.6 Å². The molecule has 1 fully saturated rings. The van der Waals surface area contributed by atoms with Crippen molar-refractivity contribution >= 4 is 11.6 Å². The zero-order chi connectivity index (χ0) is 16.1. The molecule has 124 valence electrons. The monoisotopic (exact) mass is 330 g/mol. The molecule has 0 bridgehead atoms. The number of rotatable bonds is 7. The van der Waals surface area contributed by atoms with Crippen LogP contribution in [-0.2, 0) is 6.54 Å². The second-order valence-electron chi connectivity index (χ2n) is 6.10. The van der Waals surface area contributed by atoms with Gasteiger partial charge in [-0.15, -0.1) is 0 Å². The van der Waals surface area contributed by atoms with Gasteiger partial charge in [0.1, 0.15) is 5.82 Å². The second-order valence-corrected chi connectivity index (χ2v) is 6.50. The minimum absolute atomic E-state index is 0.129. The molecule has 0 amide bonds. The molecule has 1 aromatic carbocycles. The summed E-state index contributed by atoms with van der Waals surface area (Å²) < 4.78 is 14.0. The van der Waals surface area contributed by atoms with Gasteiger partial charge in [0.2, 0.25) is 0 Å². The molecule has 1 aromatic rings. The third-order valence-electron chi connectivity index (χ3n) is 4.34. The van der Waals surface area contributed by atoms with Crippen molar-refractivity contribution in [3.05, 3.63) is 34.6 Å². The summed E-state index contributed by atoms with van der Waals surface area (Å²) in [4.78, 5) is 4.23. The van der Waals surface area contributed by atoms with E-state index in [1.54, 1.807) is 18.2 Å². The van der Waals surface area contributed by atoms with E-state index in [9.17, 15) is 9.50 Å². The minimum atomic E-state index is -0.356. The molecule has 2 rings (SSSR count). The van der Waals surface area contributed by atoms with Crippen molar-refractivity contribution in [2.75, 3.05) is 46.4 Å². The summed E-state index contributed by atoms with van der Waals surface area (Å²) in [5.74, 6) is 0.151. The van der Waals surface area contributed by atoms with Crippen molar-refractivity contribution in [1.29, 1.82) is 0 Å². The summed E-state index contributed by atoms with van der Waals surface area (Å²) >= 11 is 5.82. The molecule has 2 atom stereocenters. The summed E-state index contributed by atoms with van der Waals surface area (Å²) in [5.41, 5.74) is 0.591. The lowest BCUT2D eigenvalue weighted by molar-refractivity contribution is 0.160. The lowest BCUT2D eigenvalue weighted by Gasteiger charge is -2.23. The zero-order valence-electron chi connectivity index (χ0n) is 12.9. The topological polar surface area (TPSA) is 46.9 Å². The van der Waals surface area contributed by atoms with Crippen LogP contribution in [0.25, 0.3) is 0 Å². The average Bonchev–Trinajstić information content (AvgIpc) is 2.86. The van der Waals surface area contributed by atoms with Gasteiger partial charge in [-0.05, 0) is 24.9 Å². The summed E-state index contributed by atoms with van der Waals surface area (Å²) in [6.07, 6.45) is 0. The predicted octanol–water partition coefficient (Wildman–Crippen LogP) is 1.44. The molecule has 0 unspecified atom stereocenters. The van der Waals surface area contributed by atoms with Crippen LogP contribution in [0.1, 0.15) is 5.56 Å². The molecular formula is C16H24ClFN2O2. The third-order valence-corrected chi connectivity index (χ3v) is 4.63. The molecule has 1 heterocycles. The lowest BCUT2D eigenvalue weighted by atomic mass is 9.96. The Bertz CT molecular complexity index is 489. The molecule has 1 aliphatic rings. The second kappa shape index (κ2) is 8.22. The predicted molar refractivity (Wildman–Crippen MR) is 85.3 cm³/mol. The molecule has 6 heteroatoms. The molecular weight excluding hydrogens is 307 g/mol. The van der Waals surface area contributed by atoms with Crippen molar-refractivity contribution in [1.82, 2.24) is 9.80 Å². The van der Waals surface area contributed by atoms with E-state index < -0.39 is 0 Å². The third kappa shape index (κ3) is 4.40. The van der Waals surface area contributed by atoms with Crippen molar-refractivity contribution in [3.63, 3.8) is 0 Å². The number of aliphatic hydroxyl groups excluding tert-OH is 2. The highest BCUT2D eigenvalue weighted by atomic mass is 35.5. The van der Waals surface area contributed by atoms with E-state index in [-0.39, 0.29) is 30.0 Å². The van der Waals surface area contributed by atoms with E-state index in [0.717, 1.165) is 19.6 Å². The Morgan fingerprint density at radius 1 is 1.32 bits per heavy atom. The molecule has 0 aliphatic carbocycles. The van der Waals surface area contributed by atoms with E-state index >= 15 is 0 Å². The maximum absolute atomic E-state index is 14.0. The molecule has 2 N–H and O–H groups in total. The first-order valence-corrected chi connectivity index (χ1v) is 7.98.